The SMILES string of the molecule is CC1=Nc2c(Nc3ccc([C@@H]4CCCCO4)cc3S(C)(=O)=O)cc(CC(=O)C3CC3(F)F)nc2C1.CC1=Nc2c(Nc3ccc([C@@H]4CCCCO4)cc3S(C)(=O)=O)cc(CC(=O)[C@@H]3CC3(F)F)nc2C1.CC1=Nc2c(Nc3ccc([C@@H]4CCCCO4)cc3S(C)(=O)=O)cc(CC(=O)[C@H]3CC3(F)F)nc2C1. The molecule has 6 aromatic rings. The van der Waals surface area contributed by atoms with Crippen LogP contribution in [0.3, 0.4) is 0 Å². The van der Waals surface area contributed by atoms with E-state index in [1.165, 1.54) is 0 Å². The van der Waals surface area contributed by atoms with Crippen molar-refractivity contribution in [2.45, 2.75) is 187 Å². The number of carbonyl (C=O) groups excluding carboxylic acids is 3. The Labute approximate surface area is 605 Å². The number of rotatable bonds is 21. The van der Waals surface area contributed by atoms with Crippen molar-refractivity contribution in [2.75, 3.05) is 54.5 Å². The van der Waals surface area contributed by atoms with Crippen molar-refractivity contribution >= 4 is 115 Å². The van der Waals surface area contributed by atoms with E-state index in [2.05, 4.69) is 45.9 Å². The maximum absolute atomic E-state index is 13.4. The average Bonchev–Trinajstić information content (AvgIpc) is 1.76. The van der Waals surface area contributed by atoms with Crippen LogP contribution in [0.25, 0.3) is 0 Å². The van der Waals surface area contributed by atoms with Crippen LogP contribution in [0.1, 0.15) is 167 Å². The van der Waals surface area contributed by atoms with Crippen LogP contribution < -0.4 is 16.0 Å². The standard InChI is InChI=1S/3C25H27F2N3O4S/c3*1-14-9-19-24(28-14)20(11-16(29-19)12-21(31)17-13-25(17,26)27)30-18-7-6-15(10-23(18)35(2,32)33)22-5-3-4-8-34-22/h3*6-7,10-11,17,22H,3-5,8-9,12-13H2,1-2H3,(H,29,30)/t17?,22-;17-,22+;17-,22-/m010/s1. The molecule has 0 spiro atoms. The first-order chi connectivity index (χ1) is 49.5. The number of halogens is 6. The molecule has 3 N–H and O–H groups in total. The van der Waals surface area contributed by atoms with E-state index in [0.717, 1.165) is 110 Å². The normalized spacial score (nSPS) is 22.9. The van der Waals surface area contributed by atoms with E-state index in [1.54, 1.807) is 54.6 Å². The molecule has 0 radical (unpaired) electrons. The molecule has 3 aliphatic carbocycles. The third-order valence-corrected chi connectivity index (χ3v) is 23.3. The molecule has 3 aromatic heterocycles. The summed E-state index contributed by atoms with van der Waals surface area (Å²) in [6.45, 7) is 7.49. The predicted molar refractivity (Wildman–Crippen MR) is 384 cm³/mol. The monoisotopic (exact) mass is 1510 g/mol. The zero-order chi connectivity index (χ0) is 74.9. The van der Waals surface area contributed by atoms with Crippen LogP contribution in [-0.4, -0.2) is 131 Å². The van der Waals surface area contributed by atoms with Gasteiger partial charge in [-0.2, -0.15) is 0 Å². The smallest absolute Gasteiger partial charge is 0.258 e. The Hall–Kier alpha value is -8.16. The lowest BCUT2D eigenvalue weighted by atomic mass is 10.0. The van der Waals surface area contributed by atoms with Gasteiger partial charge in [0.1, 0.15) is 34.4 Å². The van der Waals surface area contributed by atoms with Gasteiger partial charge in [0.25, 0.3) is 17.8 Å². The number of benzene rings is 3. The van der Waals surface area contributed by atoms with Gasteiger partial charge in [-0.05, 0) is 150 Å². The first kappa shape index (κ1) is 75.1. The summed E-state index contributed by atoms with van der Waals surface area (Å²) in [5, 5.41) is 9.54. The van der Waals surface area contributed by atoms with Gasteiger partial charge in [0.2, 0.25) is 0 Å². The van der Waals surface area contributed by atoms with Gasteiger partial charge < -0.3 is 30.2 Å². The number of anilines is 6. The van der Waals surface area contributed by atoms with Crippen molar-refractivity contribution in [3.63, 3.8) is 0 Å². The highest BCUT2D eigenvalue weighted by Gasteiger charge is 2.62. The Kier molecular flexibility index (Phi) is 20.9. The first-order valence-electron chi connectivity index (χ1n) is 35.1. The Bertz CT molecular complexity index is 4490. The second-order valence-corrected chi connectivity index (χ2v) is 34.9. The minimum Gasteiger partial charge on any atom is -0.374 e. The minimum absolute atomic E-state index is 0.128. The Morgan fingerprint density at radius 2 is 0.667 bits per heavy atom. The molecule has 558 valence electrons. The van der Waals surface area contributed by atoms with Crippen molar-refractivity contribution in [1.29, 1.82) is 0 Å². The fourth-order valence-electron chi connectivity index (χ4n) is 14.2. The highest BCUT2D eigenvalue weighted by atomic mass is 32.2. The Morgan fingerprint density at radius 3 is 0.886 bits per heavy atom. The summed E-state index contributed by atoms with van der Waals surface area (Å²) in [5.74, 6) is -14.2. The number of hydrogen-bond acceptors (Lipinski definition) is 21. The lowest BCUT2D eigenvalue weighted by Crippen LogP contribution is -2.13. The summed E-state index contributed by atoms with van der Waals surface area (Å²) in [4.78, 5) is 64.5. The summed E-state index contributed by atoms with van der Waals surface area (Å²) in [5.41, 5.74) is 12.1. The van der Waals surface area contributed by atoms with E-state index in [-0.39, 0.29) is 52.3 Å². The van der Waals surface area contributed by atoms with Gasteiger partial charge in [-0.3, -0.25) is 44.3 Å². The highest BCUT2D eigenvalue weighted by Crippen LogP contribution is 2.52. The van der Waals surface area contributed by atoms with E-state index in [4.69, 9.17) is 14.2 Å². The number of hydrogen-bond donors (Lipinski definition) is 3. The molecular formula is C75H81F6N9O12S3. The molecule has 9 aliphatic rings. The second kappa shape index (κ2) is 29.2. The van der Waals surface area contributed by atoms with Gasteiger partial charge in [-0.1, -0.05) is 18.2 Å². The van der Waals surface area contributed by atoms with Crippen molar-refractivity contribution in [1.82, 2.24) is 15.0 Å². The fourth-order valence-corrected chi connectivity index (χ4v) is 16.8. The number of Topliss-reactive ketones (excluding diaryl/α,β-unsaturated/α-hetero) is 3. The summed E-state index contributed by atoms with van der Waals surface area (Å²) < 4.78 is 174. The van der Waals surface area contributed by atoms with Crippen LogP contribution in [0.5, 0.6) is 0 Å². The van der Waals surface area contributed by atoms with Gasteiger partial charge in [0, 0.05) is 114 Å². The lowest BCUT2D eigenvalue weighted by molar-refractivity contribution is -0.122. The number of aromatic nitrogens is 3. The predicted octanol–water partition coefficient (Wildman–Crippen LogP) is 14.7. The number of alkyl halides is 6. The maximum atomic E-state index is 13.4. The average molecular weight is 1510 g/mol. The molecule has 6 aliphatic heterocycles. The van der Waals surface area contributed by atoms with E-state index < -0.39 is 102 Å². The summed E-state index contributed by atoms with van der Waals surface area (Å²) >= 11 is 0. The molecular weight excluding hydrogens is 1430 g/mol. The van der Waals surface area contributed by atoms with Crippen LogP contribution >= 0.6 is 0 Å². The van der Waals surface area contributed by atoms with Gasteiger partial charge in [-0.15, -0.1) is 0 Å². The van der Waals surface area contributed by atoms with Gasteiger partial charge in [0.15, 0.2) is 29.5 Å². The molecule has 3 saturated heterocycles. The van der Waals surface area contributed by atoms with E-state index in [9.17, 15) is 66.0 Å². The molecule has 21 nitrogen and oxygen atoms in total. The number of sulfone groups is 3. The van der Waals surface area contributed by atoms with Crippen molar-refractivity contribution < 1.29 is 80.2 Å². The number of carbonyl (C=O) groups is 3. The van der Waals surface area contributed by atoms with Crippen molar-refractivity contribution in [3.8, 4) is 0 Å². The summed E-state index contributed by atoms with van der Waals surface area (Å²) in [6, 6.07) is 20.4. The molecule has 105 heavy (non-hydrogen) atoms. The van der Waals surface area contributed by atoms with Gasteiger partial charge >= 0.3 is 0 Å². The van der Waals surface area contributed by atoms with E-state index in [0.29, 0.717) is 124 Å². The number of pyridine rings is 3. The summed E-state index contributed by atoms with van der Waals surface area (Å²) in [7, 11) is -10.8. The van der Waals surface area contributed by atoms with Crippen LogP contribution in [-0.2, 0) is 96.6 Å². The van der Waals surface area contributed by atoms with E-state index in [1.807, 2.05) is 39.0 Å². The van der Waals surface area contributed by atoms with Crippen LogP contribution in [0.15, 0.2) is 102 Å². The minimum atomic E-state index is -3.59. The van der Waals surface area contributed by atoms with E-state index >= 15 is 0 Å². The number of fused-ring (bicyclic) bond motifs is 3. The van der Waals surface area contributed by atoms with Gasteiger partial charge in [0.05, 0.1) is 119 Å². The quantitative estimate of drug-likeness (QED) is 0.0564. The lowest BCUT2D eigenvalue weighted by Gasteiger charge is -2.24. The molecule has 9 heterocycles. The van der Waals surface area contributed by atoms with Crippen LogP contribution in [0, 0.1) is 17.8 Å². The highest BCUT2D eigenvalue weighted by molar-refractivity contribution is 7.91. The van der Waals surface area contributed by atoms with Crippen LogP contribution in [0.4, 0.5) is 77.5 Å². The Morgan fingerprint density at radius 1 is 0.410 bits per heavy atom. The van der Waals surface area contributed by atoms with Crippen molar-refractivity contribution in [3.05, 3.63) is 124 Å². The number of ether oxygens (including phenoxy) is 3. The zero-order valence-corrected chi connectivity index (χ0v) is 61.3. The van der Waals surface area contributed by atoms with Gasteiger partial charge in [-0.25, -0.2) is 51.6 Å². The third-order valence-electron chi connectivity index (χ3n) is 19.9. The molecule has 30 heteroatoms. The number of nitrogens with zero attached hydrogens (tertiary/aromatic N) is 6. The number of aliphatic imine (C=N–C) groups is 3. The molecule has 0 amide bonds. The van der Waals surface area contributed by atoms with Crippen molar-refractivity contribution in [2.24, 2.45) is 32.7 Å². The molecule has 3 aromatic carbocycles. The molecule has 6 fully saturated rings. The summed E-state index contributed by atoms with van der Waals surface area (Å²) in [6.07, 6.45) is 11.1. The Balaban J connectivity index is 0.000000140. The molecule has 0 bridgehead atoms. The second-order valence-electron chi connectivity index (χ2n) is 28.9. The molecule has 15 rings (SSSR count). The topological polar surface area (TPSA) is 293 Å². The largest absolute Gasteiger partial charge is 0.374 e. The zero-order valence-electron chi connectivity index (χ0n) is 58.8. The van der Waals surface area contributed by atoms with Crippen LogP contribution in [0.2, 0.25) is 0 Å². The number of ketones is 3. The molecule has 6 atom stereocenters. The third kappa shape index (κ3) is 17.5. The first-order valence-corrected chi connectivity index (χ1v) is 40.8. The maximum Gasteiger partial charge on any atom is 0.258 e. The molecule has 1 unspecified atom stereocenters. The molecule has 3 saturated carbocycles. The fraction of sp³-hybridized carbons (Fsp3) is 0.480. The number of nitrogens with one attached hydrogen (secondary N) is 3.